The first-order valence-corrected chi connectivity index (χ1v) is 11.4. The van der Waals surface area contributed by atoms with E-state index in [0.717, 1.165) is 25.7 Å². The van der Waals surface area contributed by atoms with Crippen molar-refractivity contribution in [2.75, 3.05) is 19.8 Å². The molecule has 1 amide bonds. The van der Waals surface area contributed by atoms with Crippen LogP contribution in [0.3, 0.4) is 0 Å². The molecule has 1 aliphatic rings. The van der Waals surface area contributed by atoms with Crippen LogP contribution in [-0.4, -0.2) is 40.1 Å². The topological polar surface area (TPSA) is 93.7 Å². The first-order chi connectivity index (χ1) is 13.3. The molecule has 0 aliphatic carbocycles. The Kier molecular flexibility index (Phi) is 8.57. The van der Waals surface area contributed by atoms with Crippen LogP contribution < -0.4 is 19.5 Å². The lowest BCUT2D eigenvalue weighted by atomic mass is 10.0. The molecule has 0 aromatic heterocycles. The second kappa shape index (κ2) is 10.7. The molecule has 7 nitrogen and oxygen atoms in total. The lowest BCUT2D eigenvalue weighted by Crippen LogP contribution is -2.35. The number of rotatable bonds is 10. The van der Waals surface area contributed by atoms with E-state index in [-0.39, 0.29) is 29.8 Å². The molecular formula is C20H32N2O5S. The Morgan fingerprint density at radius 3 is 2.54 bits per heavy atom. The maximum absolute atomic E-state index is 12.5. The molecule has 0 bridgehead atoms. The third-order valence-corrected chi connectivity index (χ3v) is 5.96. The van der Waals surface area contributed by atoms with E-state index in [9.17, 15) is 13.2 Å². The Labute approximate surface area is 168 Å². The minimum Gasteiger partial charge on any atom is -0.490 e. The number of ether oxygens (including phenoxy) is 2. The summed E-state index contributed by atoms with van der Waals surface area (Å²) in [6, 6.07) is 4.62. The molecule has 1 heterocycles. The zero-order valence-electron chi connectivity index (χ0n) is 17.0. The number of fused-ring (bicyclic) bond motifs is 1. The van der Waals surface area contributed by atoms with Crippen LogP contribution in [0, 0.1) is 5.92 Å². The normalized spacial score (nSPS) is 15.1. The molecule has 2 rings (SSSR count). The van der Waals surface area contributed by atoms with Crippen molar-refractivity contribution in [3.05, 3.63) is 18.2 Å². The summed E-state index contributed by atoms with van der Waals surface area (Å²) in [6.45, 7) is 7.40. The van der Waals surface area contributed by atoms with Gasteiger partial charge in [0, 0.05) is 31.5 Å². The van der Waals surface area contributed by atoms with Gasteiger partial charge >= 0.3 is 0 Å². The Hall–Kier alpha value is -1.80. The summed E-state index contributed by atoms with van der Waals surface area (Å²) in [6.07, 6.45) is 3.97. The molecule has 0 saturated heterocycles. The standard InChI is InChI=1S/C20H32N2O5S/c1-15(2)6-4-7-16(3)22-20(23)10-11-21-28(24,25)17-8-9-18-19(14-17)27-13-5-12-26-18/h8-9,14-16,21H,4-7,10-13H2,1-3H3,(H,22,23). The zero-order valence-corrected chi connectivity index (χ0v) is 17.8. The smallest absolute Gasteiger partial charge is 0.240 e. The van der Waals surface area contributed by atoms with Gasteiger partial charge in [0.05, 0.1) is 18.1 Å². The maximum Gasteiger partial charge on any atom is 0.240 e. The number of hydrogen-bond acceptors (Lipinski definition) is 5. The monoisotopic (exact) mass is 412 g/mol. The van der Waals surface area contributed by atoms with Gasteiger partial charge in [-0.05, 0) is 31.4 Å². The van der Waals surface area contributed by atoms with Gasteiger partial charge in [0.2, 0.25) is 15.9 Å². The van der Waals surface area contributed by atoms with Gasteiger partial charge in [0.25, 0.3) is 0 Å². The van der Waals surface area contributed by atoms with E-state index in [1.165, 1.54) is 12.1 Å². The van der Waals surface area contributed by atoms with Crippen LogP contribution in [0.2, 0.25) is 0 Å². The lowest BCUT2D eigenvalue weighted by molar-refractivity contribution is -0.121. The molecule has 1 aromatic rings. The molecule has 1 atom stereocenters. The predicted molar refractivity (Wildman–Crippen MR) is 108 cm³/mol. The average molecular weight is 413 g/mol. The highest BCUT2D eigenvalue weighted by Crippen LogP contribution is 2.31. The Bertz CT molecular complexity index is 749. The molecule has 158 valence electrons. The molecule has 1 unspecified atom stereocenters. The van der Waals surface area contributed by atoms with Gasteiger partial charge in [0.15, 0.2) is 11.5 Å². The van der Waals surface area contributed by atoms with Crippen LogP contribution in [-0.2, 0) is 14.8 Å². The van der Waals surface area contributed by atoms with E-state index in [1.54, 1.807) is 6.07 Å². The molecule has 1 aliphatic heterocycles. The summed E-state index contributed by atoms with van der Waals surface area (Å²) in [4.78, 5) is 12.1. The molecule has 28 heavy (non-hydrogen) atoms. The largest absolute Gasteiger partial charge is 0.490 e. The SMILES string of the molecule is CC(C)CCCC(C)NC(=O)CCNS(=O)(=O)c1ccc2c(c1)OCCCO2. The van der Waals surface area contributed by atoms with Crippen molar-refractivity contribution in [3.8, 4) is 11.5 Å². The fourth-order valence-electron chi connectivity index (χ4n) is 2.94. The summed E-state index contributed by atoms with van der Waals surface area (Å²) in [7, 11) is -3.72. The number of nitrogens with one attached hydrogen (secondary N) is 2. The number of carbonyl (C=O) groups is 1. The summed E-state index contributed by atoms with van der Waals surface area (Å²) in [5.74, 6) is 1.47. The Morgan fingerprint density at radius 1 is 1.11 bits per heavy atom. The van der Waals surface area contributed by atoms with Crippen LogP contribution >= 0.6 is 0 Å². The predicted octanol–water partition coefficient (Wildman–Crippen LogP) is 2.85. The quantitative estimate of drug-likeness (QED) is 0.616. The molecule has 0 radical (unpaired) electrons. The van der Waals surface area contributed by atoms with Gasteiger partial charge in [-0.25, -0.2) is 13.1 Å². The van der Waals surface area contributed by atoms with Crippen LogP contribution in [0.4, 0.5) is 0 Å². The van der Waals surface area contributed by atoms with Crippen molar-refractivity contribution < 1.29 is 22.7 Å². The lowest BCUT2D eigenvalue weighted by Gasteiger charge is -2.15. The highest BCUT2D eigenvalue weighted by atomic mass is 32.2. The van der Waals surface area contributed by atoms with Crippen molar-refractivity contribution in [1.29, 1.82) is 0 Å². The number of benzene rings is 1. The van der Waals surface area contributed by atoms with Crippen molar-refractivity contribution >= 4 is 15.9 Å². The Balaban J connectivity index is 1.80. The van der Waals surface area contributed by atoms with Gasteiger partial charge in [-0.15, -0.1) is 0 Å². The zero-order chi connectivity index (χ0) is 20.6. The summed E-state index contributed by atoms with van der Waals surface area (Å²) >= 11 is 0. The van der Waals surface area contributed by atoms with Gasteiger partial charge in [-0.2, -0.15) is 0 Å². The van der Waals surface area contributed by atoms with Crippen molar-refractivity contribution in [2.24, 2.45) is 5.92 Å². The third kappa shape index (κ3) is 7.31. The highest BCUT2D eigenvalue weighted by Gasteiger charge is 2.19. The van der Waals surface area contributed by atoms with E-state index in [2.05, 4.69) is 23.9 Å². The fourth-order valence-corrected chi connectivity index (χ4v) is 3.99. The summed E-state index contributed by atoms with van der Waals surface area (Å²) in [5.41, 5.74) is 0. The van der Waals surface area contributed by atoms with Crippen LogP contribution in [0.5, 0.6) is 11.5 Å². The number of hydrogen-bond donors (Lipinski definition) is 2. The molecule has 0 spiro atoms. The molecule has 8 heteroatoms. The van der Waals surface area contributed by atoms with E-state index in [4.69, 9.17) is 9.47 Å². The number of carbonyl (C=O) groups excluding carboxylic acids is 1. The van der Waals surface area contributed by atoms with Gasteiger partial charge < -0.3 is 14.8 Å². The minimum absolute atomic E-state index is 0.0430. The van der Waals surface area contributed by atoms with Crippen LogP contribution in [0.15, 0.2) is 23.1 Å². The fraction of sp³-hybridized carbons (Fsp3) is 0.650. The first-order valence-electron chi connectivity index (χ1n) is 9.96. The molecule has 0 fully saturated rings. The second-order valence-corrected chi connectivity index (χ2v) is 9.37. The molecular weight excluding hydrogens is 380 g/mol. The van der Waals surface area contributed by atoms with Gasteiger partial charge in [-0.1, -0.05) is 26.7 Å². The average Bonchev–Trinajstić information content (AvgIpc) is 2.85. The second-order valence-electron chi connectivity index (χ2n) is 7.60. The summed E-state index contributed by atoms with van der Waals surface area (Å²) in [5, 5.41) is 2.92. The highest BCUT2D eigenvalue weighted by molar-refractivity contribution is 7.89. The van der Waals surface area contributed by atoms with Gasteiger partial charge in [-0.3, -0.25) is 4.79 Å². The van der Waals surface area contributed by atoms with Crippen LogP contribution in [0.1, 0.15) is 52.9 Å². The molecule has 2 N–H and O–H groups in total. The van der Waals surface area contributed by atoms with E-state index < -0.39 is 10.0 Å². The summed E-state index contributed by atoms with van der Waals surface area (Å²) < 4.78 is 38.5. The van der Waals surface area contributed by atoms with Crippen LogP contribution in [0.25, 0.3) is 0 Å². The third-order valence-electron chi connectivity index (χ3n) is 4.50. The molecule has 0 saturated carbocycles. The maximum atomic E-state index is 12.5. The van der Waals surface area contributed by atoms with E-state index in [1.807, 2.05) is 6.92 Å². The van der Waals surface area contributed by atoms with Crippen molar-refractivity contribution in [1.82, 2.24) is 10.0 Å². The van der Waals surface area contributed by atoms with Gasteiger partial charge in [0.1, 0.15) is 0 Å². The van der Waals surface area contributed by atoms with Crippen molar-refractivity contribution in [2.45, 2.75) is 63.8 Å². The number of amides is 1. The first kappa shape index (κ1) is 22.5. The van der Waals surface area contributed by atoms with E-state index >= 15 is 0 Å². The molecule has 1 aromatic carbocycles. The number of sulfonamides is 1. The Morgan fingerprint density at radius 2 is 1.82 bits per heavy atom. The minimum atomic E-state index is -3.72. The van der Waals surface area contributed by atoms with Crippen molar-refractivity contribution in [3.63, 3.8) is 0 Å². The van der Waals surface area contributed by atoms with E-state index in [0.29, 0.717) is 30.6 Å².